The van der Waals surface area contributed by atoms with Crippen molar-refractivity contribution in [1.29, 1.82) is 0 Å². The lowest BCUT2D eigenvalue weighted by Gasteiger charge is -2.60. The molecular formula is C43H54N4O6. The van der Waals surface area contributed by atoms with Gasteiger partial charge in [0.25, 0.3) is 0 Å². The maximum Gasteiger partial charge on any atom is 0.340 e. The van der Waals surface area contributed by atoms with Gasteiger partial charge in [-0.25, -0.2) is 4.79 Å². The van der Waals surface area contributed by atoms with Crippen LogP contribution in [0.25, 0.3) is 10.9 Å². The smallest absolute Gasteiger partial charge is 0.340 e. The van der Waals surface area contributed by atoms with Gasteiger partial charge in [0.15, 0.2) is 5.60 Å². The highest BCUT2D eigenvalue weighted by Crippen LogP contribution is 2.67. The maximum absolute atomic E-state index is 15.0. The first-order valence-electron chi connectivity index (χ1n) is 19.7. The molecular weight excluding hydrogens is 668 g/mol. The summed E-state index contributed by atoms with van der Waals surface area (Å²) in [4.78, 5) is 39.8. The molecule has 9 atom stereocenters. The monoisotopic (exact) mass is 722 g/mol. The summed E-state index contributed by atoms with van der Waals surface area (Å²) in [5.74, 6) is -0.902. The minimum atomic E-state index is -1.76. The van der Waals surface area contributed by atoms with E-state index in [1.54, 1.807) is 0 Å². The van der Waals surface area contributed by atoms with Gasteiger partial charge in [0.05, 0.1) is 25.9 Å². The van der Waals surface area contributed by atoms with Crippen molar-refractivity contribution >= 4 is 28.5 Å². The molecule has 1 unspecified atom stereocenters. The van der Waals surface area contributed by atoms with Crippen LogP contribution in [0.4, 0.5) is 5.69 Å². The van der Waals surface area contributed by atoms with E-state index in [1.165, 1.54) is 14.2 Å². The van der Waals surface area contributed by atoms with Gasteiger partial charge in [-0.15, -0.1) is 0 Å². The number of likely N-dealkylation sites (N-methyl/N-ethyl adjacent to an activating group) is 1. The zero-order chi connectivity index (χ0) is 37.1. The second-order valence-corrected chi connectivity index (χ2v) is 17.3. The lowest BCUT2D eigenvalue weighted by atomic mass is 9.49. The van der Waals surface area contributed by atoms with E-state index < -0.39 is 39.5 Å². The Morgan fingerprint density at radius 3 is 2.53 bits per heavy atom. The first kappa shape index (κ1) is 35.0. The Hall–Kier alpha value is -3.70. The van der Waals surface area contributed by atoms with Crippen LogP contribution in [0.1, 0.15) is 74.8 Å². The van der Waals surface area contributed by atoms with E-state index >= 15 is 4.79 Å². The van der Waals surface area contributed by atoms with Crippen molar-refractivity contribution in [2.75, 3.05) is 58.9 Å². The highest BCUT2D eigenvalue weighted by molar-refractivity contribution is 5.94. The fourth-order valence-corrected chi connectivity index (χ4v) is 12.9. The Kier molecular flexibility index (Phi) is 7.86. The molecule has 2 aromatic carbocycles. The van der Waals surface area contributed by atoms with Crippen LogP contribution < -0.4 is 4.90 Å². The number of fused-ring (bicyclic) bond motifs is 6. The SMILES string of the molecule is CC[C@@]1(O)C[C@@H]2CN(CCc3c([nH]c4ccccc34)[C@@](C(=O)OC)(c3ccc4c(c3)[C@@]35CCN6CC=C[C@@](CC)(C[C@](O)(C(=O)OC)[C@@H]3N4C)[C@H]65)C2)C1. The van der Waals surface area contributed by atoms with Crippen LogP contribution in [-0.2, 0) is 36.3 Å². The number of piperidine rings is 1. The number of hydrogen-bond acceptors (Lipinski definition) is 9. The largest absolute Gasteiger partial charge is 0.468 e. The minimum absolute atomic E-state index is 0.0179. The van der Waals surface area contributed by atoms with Crippen LogP contribution in [0.5, 0.6) is 0 Å². The molecule has 2 saturated heterocycles. The predicted octanol–water partition coefficient (Wildman–Crippen LogP) is 4.44. The molecule has 3 aromatic rings. The van der Waals surface area contributed by atoms with Gasteiger partial charge in [-0.3, -0.25) is 14.6 Å². The van der Waals surface area contributed by atoms with E-state index in [2.05, 4.69) is 82.1 Å². The van der Waals surface area contributed by atoms with Crippen molar-refractivity contribution in [3.05, 3.63) is 77.0 Å². The molecule has 1 spiro atoms. The number of carbonyl (C=O) groups excluding carboxylic acids is 2. The number of rotatable bonds is 5. The zero-order valence-corrected chi connectivity index (χ0v) is 31.8. The number of methoxy groups -OCH3 is 2. The molecule has 0 radical (unpaired) electrons. The molecule has 6 heterocycles. The van der Waals surface area contributed by atoms with Crippen LogP contribution in [-0.4, -0.2) is 114 Å². The third-order valence-corrected chi connectivity index (χ3v) is 14.9. The van der Waals surface area contributed by atoms with Gasteiger partial charge >= 0.3 is 11.9 Å². The second kappa shape index (κ2) is 11.9. The van der Waals surface area contributed by atoms with Gasteiger partial charge in [0.2, 0.25) is 0 Å². The maximum atomic E-state index is 15.0. The molecule has 1 saturated carbocycles. The first-order chi connectivity index (χ1) is 25.4. The molecule has 53 heavy (non-hydrogen) atoms. The Balaban J connectivity index is 1.31. The molecule has 6 aliphatic rings. The number of ether oxygens (including phenoxy) is 2. The molecule has 0 amide bonds. The minimum Gasteiger partial charge on any atom is -0.468 e. The molecule has 2 bridgehead atoms. The average molecular weight is 723 g/mol. The van der Waals surface area contributed by atoms with Crippen molar-refractivity contribution in [3.8, 4) is 0 Å². The molecule has 3 fully saturated rings. The molecule has 5 aliphatic heterocycles. The second-order valence-electron chi connectivity index (χ2n) is 17.3. The number of benzene rings is 2. The number of H-pyrrole nitrogens is 1. The Labute approximate surface area is 312 Å². The van der Waals surface area contributed by atoms with Crippen LogP contribution in [0.3, 0.4) is 0 Å². The molecule has 3 N–H and O–H groups in total. The topological polar surface area (TPSA) is 119 Å². The van der Waals surface area contributed by atoms with Crippen LogP contribution in [0, 0.1) is 11.3 Å². The van der Waals surface area contributed by atoms with Gasteiger partial charge in [-0.2, -0.15) is 0 Å². The summed E-state index contributed by atoms with van der Waals surface area (Å²) in [5, 5.41) is 25.8. The van der Waals surface area contributed by atoms with Crippen molar-refractivity contribution in [1.82, 2.24) is 14.8 Å². The highest BCUT2D eigenvalue weighted by atomic mass is 16.5. The molecule has 9 rings (SSSR count). The molecule has 1 aliphatic carbocycles. The van der Waals surface area contributed by atoms with Crippen molar-refractivity contribution in [2.45, 2.75) is 92.9 Å². The van der Waals surface area contributed by atoms with Crippen LogP contribution >= 0.6 is 0 Å². The summed E-state index contributed by atoms with van der Waals surface area (Å²) in [5.41, 5.74) is 0.960. The van der Waals surface area contributed by atoms with E-state index in [9.17, 15) is 15.0 Å². The van der Waals surface area contributed by atoms with Crippen molar-refractivity contribution < 1.29 is 29.3 Å². The third kappa shape index (κ3) is 4.52. The van der Waals surface area contributed by atoms with Gasteiger partial charge in [0, 0.05) is 72.4 Å². The van der Waals surface area contributed by atoms with E-state index in [4.69, 9.17) is 9.47 Å². The standard InChI is InChI=1S/C43H54N4O6/c1-6-39-16-10-18-47-20-17-41(35(39)47)31-21-28(13-14-33(31)45(3)36(41)43(51,25-39)38(49)53-5)42(37(48)52-4)23-27-22-40(50,7-2)26-46(24-27)19-15-30-29-11-8-9-12-32(29)44-34(30)42/h8-14,16,21,27,35-36,44,50-51H,6-7,15,17-20,22-26H2,1-5H3/t27-,35-,36+,39-,40+,41+,42-,43+/m0/s1. The van der Waals surface area contributed by atoms with Crippen molar-refractivity contribution in [2.24, 2.45) is 11.3 Å². The first-order valence-corrected chi connectivity index (χ1v) is 19.7. The number of nitrogens with one attached hydrogen (secondary N) is 1. The molecule has 1 aromatic heterocycles. The lowest BCUT2D eigenvalue weighted by Crippen LogP contribution is -2.74. The highest BCUT2D eigenvalue weighted by Gasteiger charge is 2.75. The number of hydrogen-bond donors (Lipinski definition) is 3. The van der Waals surface area contributed by atoms with Crippen LogP contribution in [0.2, 0.25) is 0 Å². The van der Waals surface area contributed by atoms with Crippen LogP contribution in [0.15, 0.2) is 54.6 Å². The predicted molar refractivity (Wildman–Crippen MR) is 203 cm³/mol. The summed E-state index contributed by atoms with van der Waals surface area (Å²) in [6.07, 6.45) is 8.70. The fourth-order valence-electron chi connectivity index (χ4n) is 12.9. The Morgan fingerprint density at radius 1 is 0.981 bits per heavy atom. The molecule has 10 heteroatoms. The normalized spacial score (nSPS) is 38.6. The summed E-state index contributed by atoms with van der Waals surface area (Å²) < 4.78 is 11.3. The van der Waals surface area contributed by atoms with E-state index in [-0.39, 0.29) is 24.3 Å². The summed E-state index contributed by atoms with van der Waals surface area (Å²) in [7, 11) is 4.86. The number of aliphatic hydroxyl groups is 2. The van der Waals surface area contributed by atoms with Crippen molar-refractivity contribution in [3.63, 3.8) is 0 Å². The van der Waals surface area contributed by atoms with E-state index in [0.717, 1.165) is 84.4 Å². The lowest BCUT2D eigenvalue weighted by molar-refractivity contribution is -0.181. The Bertz CT molecular complexity index is 2030. The number of anilines is 1. The van der Waals surface area contributed by atoms with Gasteiger partial charge in [0.1, 0.15) is 5.41 Å². The summed E-state index contributed by atoms with van der Waals surface area (Å²) in [6.45, 7) is 8.06. The van der Waals surface area contributed by atoms with E-state index in [0.29, 0.717) is 25.8 Å². The summed E-state index contributed by atoms with van der Waals surface area (Å²) >= 11 is 0. The number of para-hydroxylation sites is 1. The van der Waals surface area contributed by atoms with Gasteiger partial charge in [-0.1, -0.05) is 56.3 Å². The molecule has 282 valence electrons. The number of esters is 2. The number of aromatic amines is 1. The average Bonchev–Trinajstić information content (AvgIpc) is 3.83. The van der Waals surface area contributed by atoms with Gasteiger partial charge in [-0.05, 0) is 86.2 Å². The molecule has 10 nitrogen and oxygen atoms in total. The fraction of sp³-hybridized carbons (Fsp3) is 0.581. The zero-order valence-electron chi connectivity index (χ0n) is 31.8. The van der Waals surface area contributed by atoms with E-state index in [1.807, 2.05) is 13.1 Å². The number of carbonyl (C=O) groups is 2. The quantitative estimate of drug-likeness (QED) is 0.260. The number of aromatic nitrogens is 1. The number of nitrogens with zero attached hydrogens (tertiary/aromatic N) is 3. The Morgan fingerprint density at radius 2 is 1.77 bits per heavy atom. The van der Waals surface area contributed by atoms with Gasteiger partial charge < -0.3 is 29.6 Å². The third-order valence-electron chi connectivity index (χ3n) is 14.9. The summed E-state index contributed by atoms with van der Waals surface area (Å²) in [6, 6.07) is 14.2.